The molecule has 224 valence electrons. The van der Waals surface area contributed by atoms with Gasteiger partial charge in [0.2, 0.25) is 0 Å². The van der Waals surface area contributed by atoms with Crippen LogP contribution in [0.5, 0.6) is 5.75 Å². The van der Waals surface area contributed by atoms with Crippen LogP contribution >= 0.6 is 11.3 Å². The summed E-state index contributed by atoms with van der Waals surface area (Å²) in [5, 5.41) is -0.614. The van der Waals surface area contributed by atoms with Crippen LogP contribution in [0.1, 0.15) is 11.1 Å². The molecule has 0 atom stereocenters. The van der Waals surface area contributed by atoms with Crippen molar-refractivity contribution in [1.82, 2.24) is 4.98 Å². The molecule has 6 aromatic rings. The number of aromatic nitrogens is 1. The summed E-state index contributed by atoms with van der Waals surface area (Å²) in [6.45, 7) is 1.88. The summed E-state index contributed by atoms with van der Waals surface area (Å²) in [6, 6.07) is 8.78. The zero-order valence-electron chi connectivity index (χ0n) is 21.8. The van der Waals surface area contributed by atoms with E-state index in [4.69, 9.17) is 0 Å². The molecule has 1 heterocycles. The van der Waals surface area contributed by atoms with Crippen LogP contribution in [0.25, 0.3) is 42.7 Å². The van der Waals surface area contributed by atoms with E-state index in [9.17, 15) is 30.7 Å². The Morgan fingerprint density at radius 3 is 1.95 bits per heavy atom. The number of alkyl halides is 2. The molecule has 44 heavy (non-hydrogen) atoms. The van der Waals surface area contributed by atoms with Crippen molar-refractivity contribution in [3.63, 3.8) is 0 Å². The van der Waals surface area contributed by atoms with Crippen molar-refractivity contribution < 1.29 is 48.6 Å². The Balaban J connectivity index is 1.41. The number of thiazole rings is 1. The number of hydrogen-bond donors (Lipinski definition) is 0. The Labute approximate surface area is 244 Å². The van der Waals surface area contributed by atoms with E-state index in [1.54, 1.807) is 6.07 Å². The number of nitrogens with zero attached hydrogens (tertiary/aromatic N) is 1. The summed E-state index contributed by atoms with van der Waals surface area (Å²) >= 11 is 1.23. The first-order chi connectivity index (χ1) is 20.7. The van der Waals surface area contributed by atoms with Gasteiger partial charge in [-0.1, -0.05) is 6.07 Å². The Hall–Kier alpha value is -4.65. The lowest BCUT2D eigenvalue weighted by Gasteiger charge is -2.20. The smallest absolute Gasteiger partial charge is 0.429 e. The third kappa shape index (κ3) is 5.00. The molecule has 0 radical (unpaired) electrons. The Kier molecular flexibility index (Phi) is 7.03. The number of hydrogen-bond acceptors (Lipinski definition) is 3. The highest BCUT2D eigenvalue weighted by Crippen LogP contribution is 2.41. The first kappa shape index (κ1) is 29.4. The van der Waals surface area contributed by atoms with Crippen molar-refractivity contribution in [1.29, 1.82) is 0 Å². The minimum Gasteiger partial charge on any atom is -0.429 e. The van der Waals surface area contributed by atoms with Gasteiger partial charge < -0.3 is 4.74 Å². The third-order valence-corrected chi connectivity index (χ3v) is 7.76. The van der Waals surface area contributed by atoms with Crippen LogP contribution in [-0.4, -0.2) is 4.98 Å². The van der Waals surface area contributed by atoms with Gasteiger partial charge in [-0.15, -0.1) is 11.3 Å². The van der Waals surface area contributed by atoms with Crippen LogP contribution in [0, 0.1) is 53.5 Å². The molecular formula is C31H13F10NOS. The highest BCUT2D eigenvalue weighted by molar-refractivity contribution is 7.21. The van der Waals surface area contributed by atoms with Crippen LogP contribution in [0.15, 0.2) is 60.7 Å². The van der Waals surface area contributed by atoms with E-state index < -0.39 is 80.5 Å². The van der Waals surface area contributed by atoms with Crippen LogP contribution in [0.4, 0.5) is 43.9 Å². The van der Waals surface area contributed by atoms with Crippen molar-refractivity contribution in [2.45, 2.75) is 13.0 Å². The second kappa shape index (κ2) is 10.5. The maximum absolute atomic E-state index is 15.6. The molecule has 0 N–H and O–H groups in total. The number of benzene rings is 5. The Bertz CT molecular complexity index is 2100. The molecule has 0 fully saturated rings. The normalized spacial score (nSPS) is 12.0. The molecule has 0 amide bonds. The second-order valence-corrected chi connectivity index (χ2v) is 10.8. The van der Waals surface area contributed by atoms with Crippen LogP contribution in [0.3, 0.4) is 0 Å². The minimum atomic E-state index is -4.92. The Morgan fingerprint density at radius 2 is 1.30 bits per heavy atom. The zero-order valence-corrected chi connectivity index (χ0v) is 22.6. The van der Waals surface area contributed by atoms with Gasteiger partial charge in [-0.05, 0) is 65.9 Å². The highest BCUT2D eigenvalue weighted by Gasteiger charge is 2.42. The quantitative estimate of drug-likeness (QED) is 0.139. The fourth-order valence-corrected chi connectivity index (χ4v) is 5.79. The van der Waals surface area contributed by atoms with E-state index in [1.807, 2.05) is 19.1 Å². The van der Waals surface area contributed by atoms with E-state index in [2.05, 4.69) is 9.72 Å². The predicted molar refractivity (Wildman–Crippen MR) is 143 cm³/mol. The van der Waals surface area contributed by atoms with E-state index in [0.29, 0.717) is 10.5 Å². The summed E-state index contributed by atoms with van der Waals surface area (Å²) in [6.07, 6.45) is -4.92. The summed E-state index contributed by atoms with van der Waals surface area (Å²) < 4.78 is 150. The van der Waals surface area contributed by atoms with E-state index in [0.717, 1.165) is 22.4 Å². The molecule has 1 aromatic heterocycles. The van der Waals surface area contributed by atoms with Crippen molar-refractivity contribution in [3.8, 4) is 27.4 Å². The molecule has 2 nitrogen and oxygen atoms in total. The number of fused-ring (bicyclic) bond motifs is 2. The molecule has 0 aliphatic rings. The number of ether oxygens (including phenoxy) is 1. The van der Waals surface area contributed by atoms with Gasteiger partial charge in [-0.25, -0.2) is 40.1 Å². The van der Waals surface area contributed by atoms with Crippen molar-refractivity contribution in [2.75, 3.05) is 0 Å². The lowest BCUT2D eigenvalue weighted by atomic mass is 9.96. The van der Waals surface area contributed by atoms with Gasteiger partial charge in [-0.2, -0.15) is 8.78 Å². The van der Waals surface area contributed by atoms with Gasteiger partial charge in [0, 0.05) is 17.7 Å². The molecule has 0 aliphatic heterocycles. The Morgan fingerprint density at radius 1 is 0.659 bits per heavy atom. The minimum absolute atomic E-state index is 0.0219. The maximum atomic E-state index is 15.6. The van der Waals surface area contributed by atoms with Crippen LogP contribution < -0.4 is 4.74 Å². The van der Waals surface area contributed by atoms with Crippen LogP contribution in [-0.2, 0) is 6.11 Å². The molecule has 0 saturated heterocycles. The van der Waals surface area contributed by atoms with Gasteiger partial charge in [0.1, 0.15) is 45.4 Å². The molecular weight excluding hydrogens is 624 g/mol. The summed E-state index contributed by atoms with van der Waals surface area (Å²) in [7, 11) is 0. The standard InChI is InChI=1S/C31H13F10NOS/c1-12-2-3-23-24(4-12)44-30(42-23)15-5-13-6-17(32)26(29(39)25(13)18(33)9-15)14-7-19(34)27(20(35)8-14)31(40,41)43-16-10-21(36)28(38)22(37)11-16/h2-11H,1H3. The molecule has 0 bridgehead atoms. The third-order valence-electron chi connectivity index (χ3n) is 6.70. The SMILES string of the molecule is Cc1ccc2nc(-c3cc(F)c4c(F)c(-c5cc(F)c(C(F)(F)Oc6cc(F)c(F)c(F)c6)c(F)c5)c(F)cc4c3)sc2c1. The maximum Gasteiger partial charge on any atom is 0.432 e. The number of rotatable bonds is 5. The first-order valence-corrected chi connectivity index (χ1v) is 13.2. The molecule has 0 spiro atoms. The number of halogens is 10. The summed E-state index contributed by atoms with van der Waals surface area (Å²) in [5.74, 6) is -15.4. The monoisotopic (exact) mass is 637 g/mol. The highest BCUT2D eigenvalue weighted by atomic mass is 32.1. The molecule has 5 aromatic carbocycles. The van der Waals surface area contributed by atoms with Gasteiger partial charge in [-0.3, -0.25) is 0 Å². The van der Waals surface area contributed by atoms with Crippen molar-refractivity contribution >= 4 is 32.3 Å². The largest absolute Gasteiger partial charge is 0.432 e. The first-order valence-electron chi connectivity index (χ1n) is 12.4. The predicted octanol–water partition coefficient (Wildman–Crippen LogP) is 10.3. The fourth-order valence-electron chi connectivity index (χ4n) is 4.74. The molecule has 0 aliphatic carbocycles. The van der Waals surface area contributed by atoms with Crippen molar-refractivity contribution in [3.05, 3.63) is 118 Å². The van der Waals surface area contributed by atoms with Gasteiger partial charge in [0.15, 0.2) is 17.5 Å². The van der Waals surface area contributed by atoms with Gasteiger partial charge >= 0.3 is 6.11 Å². The lowest BCUT2D eigenvalue weighted by Crippen LogP contribution is -2.25. The average molecular weight is 637 g/mol. The van der Waals surface area contributed by atoms with E-state index in [-0.39, 0.29) is 35.2 Å². The van der Waals surface area contributed by atoms with E-state index in [1.165, 1.54) is 17.4 Å². The second-order valence-electron chi connectivity index (χ2n) is 9.73. The van der Waals surface area contributed by atoms with Gasteiger partial charge in [0.05, 0.1) is 21.2 Å². The molecule has 13 heteroatoms. The number of aryl methyl sites for hydroxylation is 1. The zero-order chi connectivity index (χ0) is 31.7. The summed E-state index contributed by atoms with van der Waals surface area (Å²) in [4.78, 5) is 4.42. The van der Waals surface area contributed by atoms with E-state index >= 15 is 13.2 Å². The van der Waals surface area contributed by atoms with Crippen molar-refractivity contribution in [2.24, 2.45) is 0 Å². The van der Waals surface area contributed by atoms with Crippen LogP contribution in [0.2, 0.25) is 0 Å². The molecule has 6 rings (SSSR count). The molecule has 0 unspecified atom stereocenters. The topological polar surface area (TPSA) is 22.1 Å². The lowest BCUT2D eigenvalue weighted by molar-refractivity contribution is -0.189. The average Bonchev–Trinajstić information content (AvgIpc) is 3.33. The van der Waals surface area contributed by atoms with Gasteiger partial charge in [0.25, 0.3) is 0 Å². The molecule has 0 saturated carbocycles. The fraction of sp³-hybridized carbons (Fsp3) is 0.0645. The summed E-state index contributed by atoms with van der Waals surface area (Å²) in [5.41, 5.74) is -2.29.